The molecule has 0 saturated carbocycles. The lowest BCUT2D eigenvalue weighted by Crippen LogP contribution is -2.42. The Bertz CT molecular complexity index is 524. The summed E-state index contributed by atoms with van der Waals surface area (Å²) in [6, 6.07) is 3.21. The highest BCUT2D eigenvalue weighted by atomic mass is 19.4. The first kappa shape index (κ1) is 18.0. The molecule has 0 saturated heterocycles. The third-order valence-electron chi connectivity index (χ3n) is 2.99. The molecule has 2 N–H and O–H groups in total. The van der Waals surface area contributed by atoms with E-state index in [0.717, 1.165) is 12.1 Å². The van der Waals surface area contributed by atoms with Gasteiger partial charge < -0.3 is 10.4 Å². The van der Waals surface area contributed by atoms with E-state index in [0.29, 0.717) is 5.56 Å². The van der Waals surface area contributed by atoms with Gasteiger partial charge in [-0.15, -0.1) is 0 Å². The quantitative estimate of drug-likeness (QED) is 0.848. The van der Waals surface area contributed by atoms with E-state index < -0.39 is 29.7 Å². The van der Waals surface area contributed by atoms with Crippen molar-refractivity contribution in [3.05, 3.63) is 35.4 Å². The largest absolute Gasteiger partial charge is 0.480 e. The van der Waals surface area contributed by atoms with Gasteiger partial charge in [0.15, 0.2) is 0 Å². The fourth-order valence-electron chi connectivity index (χ4n) is 1.94. The van der Waals surface area contributed by atoms with Crippen LogP contribution in [0.2, 0.25) is 0 Å². The third kappa shape index (κ3) is 5.75. The first-order valence-corrected chi connectivity index (χ1v) is 6.78. The van der Waals surface area contributed by atoms with Crippen molar-refractivity contribution in [3.63, 3.8) is 0 Å². The minimum Gasteiger partial charge on any atom is -0.480 e. The Kier molecular flexibility index (Phi) is 5.96. The van der Waals surface area contributed by atoms with Crippen molar-refractivity contribution in [1.29, 1.82) is 0 Å². The molecule has 1 unspecified atom stereocenters. The second-order valence-electron chi connectivity index (χ2n) is 5.46. The number of carboxylic acids is 1. The van der Waals surface area contributed by atoms with Crippen molar-refractivity contribution in [2.45, 2.75) is 38.9 Å². The van der Waals surface area contributed by atoms with E-state index in [1.165, 1.54) is 12.1 Å². The van der Waals surface area contributed by atoms with Gasteiger partial charge in [0.2, 0.25) is 5.91 Å². The molecule has 0 aliphatic heterocycles. The molecule has 1 rings (SSSR count). The van der Waals surface area contributed by atoms with Gasteiger partial charge >= 0.3 is 12.1 Å². The zero-order valence-electron chi connectivity index (χ0n) is 12.3. The number of halogens is 3. The van der Waals surface area contributed by atoms with E-state index in [4.69, 9.17) is 5.11 Å². The van der Waals surface area contributed by atoms with Crippen LogP contribution in [0.3, 0.4) is 0 Å². The highest BCUT2D eigenvalue weighted by Crippen LogP contribution is 2.29. The van der Waals surface area contributed by atoms with Crippen molar-refractivity contribution in [2.24, 2.45) is 5.92 Å². The van der Waals surface area contributed by atoms with Crippen molar-refractivity contribution in [2.75, 3.05) is 0 Å². The van der Waals surface area contributed by atoms with E-state index >= 15 is 0 Å². The lowest BCUT2D eigenvalue weighted by Gasteiger charge is -2.16. The molecule has 0 fully saturated rings. The molecule has 1 aromatic rings. The van der Waals surface area contributed by atoms with Gasteiger partial charge in [-0.25, -0.2) is 4.79 Å². The fraction of sp³-hybridized carbons (Fsp3) is 0.467. The Labute approximate surface area is 126 Å². The maximum atomic E-state index is 12.4. The number of hydrogen-bond donors (Lipinski definition) is 2. The van der Waals surface area contributed by atoms with Crippen molar-refractivity contribution < 1.29 is 27.9 Å². The van der Waals surface area contributed by atoms with E-state index in [1.807, 2.05) is 13.8 Å². The van der Waals surface area contributed by atoms with Crippen LogP contribution in [0.5, 0.6) is 0 Å². The molecule has 1 atom stereocenters. The van der Waals surface area contributed by atoms with Gasteiger partial charge in [0.05, 0.1) is 12.0 Å². The Morgan fingerprint density at radius 2 is 1.73 bits per heavy atom. The molecule has 0 radical (unpaired) electrons. The number of rotatable bonds is 6. The molecule has 4 nitrogen and oxygen atoms in total. The van der Waals surface area contributed by atoms with Crippen LogP contribution in [-0.2, 0) is 22.2 Å². The Morgan fingerprint density at radius 1 is 1.18 bits per heavy atom. The normalized spacial score (nSPS) is 13.0. The van der Waals surface area contributed by atoms with Crippen LogP contribution < -0.4 is 5.32 Å². The number of carboxylic acid groups (broad SMARTS) is 1. The van der Waals surface area contributed by atoms with Crippen LogP contribution in [0.15, 0.2) is 24.3 Å². The molecule has 1 aromatic carbocycles. The maximum absolute atomic E-state index is 12.4. The van der Waals surface area contributed by atoms with Gasteiger partial charge in [0.25, 0.3) is 0 Å². The van der Waals surface area contributed by atoms with Gasteiger partial charge in [-0.1, -0.05) is 26.0 Å². The average Bonchev–Trinajstić information content (AvgIpc) is 2.36. The molecule has 0 aliphatic carbocycles. The summed E-state index contributed by atoms with van der Waals surface area (Å²) in [6.07, 6.45) is -4.31. The molecule has 0 heterocycles. The van der Waals surface area contributed by atoms with Crippen LogP contribution in [0.25, 0.3) is 0 Å². The first-order valence-electron chi connectivity index (χ1n) is 6.78. The number of amides is 1. The average molecular weight is 317 g/mol. The fourth-order valence-corrected chi connectivity index (χ4v) is 1.94. The Morgan fingerprint density at radius 3 is 2.14 bits per heavy atom. The van der Waals surface area contributed by atoms with Crippen molar-refractivity contribution in [3.8, 4) is 0 Å². The van der Waals surface area contributed by atoms with Gasteiger partial charge in [-0.3, -0.25) is 4.79 Å². The monoisotopic (exact) mass is 317 g/mol. The van der Waals surface area contributed by atoms with Crippen LogP contribution in [0.4, 0.5) is 13.2 Å². The molecule has 22 heavy (non-hydrogen) atoms. The Balaban J connectivity index is 2.66. The van der Waals surface area contributed by atoms with Crippen LogP contribution in [0, 0.1) is 5.92 Å². The number of carbonyl (C=O) groups excluding carboxylic acids is 1. The zero-order chi connectivity index (χ0) is 16.9. The molecular formula is C15H18F3NO3. The van der Waals surface area contributed by atoms with E-state index in [1.54, 1.807) is 0 Å². The number of carbonyl (C=O) groups is 2. The van der Waals surface area contributed by atoms with Crippen LogP contribution in [0.1, 0.15) is 31.4 Å². The highest BCUT2D eigenvalue weighted by Gasteiger charge is 2.30. The summed E-state index contributed by atoms with van der Waals surface area (Å²) in [4.78, 5) is 22.8. The van der Waals surface area contributed by atoms with E-state index in [2.05, 4.69) is 5.32 Å². The van der Waals surface area contributed by atoms with Gasteiger partial charge in [-0.2, -0.15) is 13.2 Å². The summed E-state index contributed by atoms with van der Waals surface area (Å²) < 4.78 is 37.3. The van der Waals surface area contributed by atoms with Gasteiger partial charge in [0, 0.05) is 0 Å². The van der Waals surface area contributed by atoms with Gasteiger partial charge in [-0.05, 0) is 30.0 Å². The molecule has 0 bridgehead atoms. The molecule has 7 heteroatoms. The standard InChI is InChI=1S/C15H18F3NO3/c1-9(2)7-12(14(21)22)19-13(20)8-10-3-5-11(6-4-10)15(16,17)18/h3-6,9,12H,7-8H2,1-2H3,(H,19,20)(H,21,22). The first-order chi connectivity index (χ1) is 10.1. The minimum atomic E-state index is -4.42. The SMILES string of the molecule is CC(C)CC(NC(=O)Cc1ccc(C(F)(F)F)cc1)C(=O)O. The van der Waals surface area contributed by atoms with Crippen LogP contribution in [-0.4, -0.2) is 23.0 Å². The molecular weight excluding hydrogens is 299 g/mol. The zero-order valence-corrected chi connectivity index (χ0v) is 12.3. The summed E-state index contributed by atoms with van der Waals surface area (Å²) in [7, 11) is 0. The minimum absolute atomic E-state index is 0.0902. The summed E-state index contributed by atoms with van der Waals surface area (Å²) >= 11 is 0. The number of alkyl halides is 3. The van der Waals surface area contributed by atoms with Gasteiger partial charge in [0.1, 0.15) is 6.04 Å². The van der Waals surface area contributed by atoms with E-state index in [9.17, 15) is 22.8 Å². The smallest absolute Gasteiger partial charge is 0.416 e. The maximum Gasteiger partial charge on any atom is 0.416 e. The lowest BCUT2D eigenvalue weighted by atomic mass is 10.0. The third-order valence-corrected chi connectivity index (χ3v) is 2.99. The number of aliphatic carboxylic acids is 1. The number of hydrogen-bond acceptors (Lipinski definition) is 2. The second-order valence-corrected chi connectivity index (χ2v) is 5.46. The number of benzene rings is 1. The van der Waals surface area contributed by atoms with E-state index in [-0.39, 0.29) is 18.8 Å². The molecule has 0 aromatic heterocycles. The molecule has 0 spiro atoms. The predicted octanol–water partition coefficient (Wildman–Crippen LogP) is 2.86. The molecule has 0 aliphatic rings. The number of nitrogens with one attached hydrogen (secondary N) is 1. The van der Waals surface area contributed by atoms with Crippen molar-refractivity contribution >= 4 is 11.9 Å². The van der Waals surface area contributed by atoms with Crippen molar-refractivity contribution in [1.82, 2.24) is 5.32 Å². The summed E-state index contributed by atoms with van der Waals surface area (Å²) in [5.41, 5.74) is -0.404. The Hall–Kier alpha value is -2.05. The predicted molar refractivity (Wildman–Crippen MR) is 74.2 cm³/mol. The second kappa shape index (κ2) is 7.29. The lowest BCUT2D eigenvalue weighted by molar-refractivity contribution is -0.142. The summed E-state index contributed by atoms with van der Waals surface area (Å²) in [6.45, 7) is 3.66. The van der Waals surface area contributed by atoms with Crippen LogP contribution >= 0.6 is 0 Å². The molecule has 1 amide bonds. The highest BCUT2D eigenvalue weighted by molar-refractivity contribution is 5.84. The topological polar surface area (TPSA) is 66.4 Å². The molecule has 122 valence electrons. The summed E-state index contributed by atoms with van der Waals surface area (Å²) in [5, 5.41) is 11.4. The summed E-state index contributed by atoms with van der Waals surface area (Å²) in [5.74, 6) is -1.57.